The van der Waals surface area contributed by atoms with Crippen LogP contribution in [0.1, 0.15) is 45.6 Å². The highest BCUT2D eigenvalue weighted by atomic mass is 16.5. The van der Waals surface area contributed by atoms with Crippen molar-refractivity contribution in [2.24, 2.45) is 0 Å². The molecule has 1 unspecified atom stereocenters. The van der Waals surface area contributed by atoms with E-state index in [1.807, 2.05) is 24.3 Å². The molecule has 1 atom stereocenters. The summed E-state index contributed by atoms with van der Waals surface area (Å²) in [6, 6.07) is 8.00. The SMILES string of the molecule is CC(C)=CCCCC1(C)C=Cc2cc(-c3coc4cc(O)cc(O)c4c3=O)ccc2O1. The molecule has 2 aromatic carbocycles. The van der Waals surface area contributed by atoms with Crippen LogP contribution in [0.4, 0.5) is 0 Å². The lowest BCUT2D eigenvalue weighted by molar-refractivity contribution is 0.125. The molecule has 0 radical (unpaired) electrons. The average molecular weight is 418 g/mol. The van der Waals surface area contributed by atoms with Gasteiger partial charge in [-0.15, -0.1) is 0 Å². The van der Waals surface area contributed by atoms with Gasteiger partial charge in [0, 0.05) is 17.7 Å². The summed E-state index contributed by atoms with van der Waals surface area (Å²) in [6.45, 7) is 6.29. The van der Waals surface area contributed by atoms with E-state index in [0.29, 0.717) is 11.1 Å². The Hall–Kier alpha value is -3.47. The van der Waals surface area contributed by atoms with Crippen molar-refractivity contribution in [3.05, 3.63) is 70.1 Å². The molecule has 31 heavy (non-hydrogen) atoms. The Kier molecular flexibility index (Phi) is 5.36. The number of aromatic hydroxyl groups is 2. The predicted molar refractivity (Wildman–Crippen MR) is 123 cm³/mol. The second-order valence-corrected chi connectivity index (χ2v) is 8.49. The van der Waals surface area contributed by atoms with Gasteiger partial charge in [0.1, 0.15) is 40.1 Å². The molecule has 0 fully saturated rings. The van der Waals surface area contributed by atoms with Crippen molar-refractivity contribution >= 4 is 17.0 Å². The third-order valence-corrected chi connectivity index (χ3v) is 5.55. The lowest BCUT2D eigenvalue weighted by Gasteiger charge is -2.32. The molecular formula is C26H26O5. The topological polar surface area (TPSA) is 79.9 Å². The molecule has 5 nitrogen and oxygen atoms in total. The van der Waals surface area contributed by atoms with Crippen molar-refractivity contribution in [1.82, 2.24) is 0 Å². The number of phenols is 2. The maximum Gasteiger partial charge on any atom is 0.204 e. The number of hydrogen-bond acceptors (Lipinski definition) is 5. The number of fused-ring (bicyclic) bond motifs is 2. The van der Waals surface area contributed by atoms with Crippen LogP contribution in [0.2, 0.25) is 0 Å². The fourth-order valence-electron chi connectivity index (χ4n) is 3.89. The van der Waals surface area contributed by atoms with Gasteiger partial charge in [-0.1, -0.05) is 23.8 Å². The zero-order chi connectivity index (χ0) is 22.2. The van der Waals surface area contributed by atoms with Crippen LogP contribution >= 0.6 is 0 Å². The highest BCUT2D eigenvalue weighted by Gasteiger charge is 2.27. The van der Waals surface area contributed by atoms with Crippen LogP contribution in [-0.2, 0) is 0 Å². The summed E-state index contributed by atoms with van der Waals surface area (Å²) >= 11 is 0. The quantitative estimate of drug-likeness (QED) is 0.382. The van der Waals surface area contributed by atoms with E-state index in [1.165, 1.54) is 17.9 Å². The molecule has 4 rings (SSSR count). The Labute approximate surface area is 180 Å². The summed E-state index contributed by atoms with van der Waals surface area (Å²) in [5.74, 6) is 0.297. The third-order valence-electron chi connectivity index (χ3n) is 5.55. The molecule has 1 aromatic heterocycles. The number of ether oxygens (including phenoxy) is 1. The van der Waals surface area contributed by atoms with Crippen LogP contribution in [0, 0.1) is 0 Å². The molecule has 0 aliphatic carbocycles. The molecular weight excluding hydrogens is 392 g/mol. The molecule has 0 saturated heterocycles. The van der Waals surface area contributed by atoms with Gasteiger partial charge in [-0.2, -0.15) is 0 Å². The van der Waals surface area contributed by atoms with E-state index in [0.717, 1.165) is 36.6 Å². The largest absolute Gasteiger partial charge is 0.508 e. The minimum atomic E-state index is -0.361. The van der Waals surface area contributed by atoms with Crippen LogP contribution in [0.3, 0.4) is 0 Å². The Bertz CT molecular complexity index is 1260. The van der Waals surface area contributed by atoms with Gasteiger partial charge < -0.3 is 19.4 Å². The van der Waals surface area contributed by atoms with Gasteiger partial charge in [0.25, 0.3) is 0 Å². The first-order chi connectivity index (χ1) is 14.8. The minimum Gasteiger partial charge on any atom is -0.508 e. The van der Waals surface area contributed by atoms with Crippen LogP contribution in [0.5, 0.6) is 17.2 Å². The van der Waals surface area contributed by atoms with Crippen molar-refractivity contribution in [1.29, 1.82) is 0 Å². The molecule has 160 valence electrons. The summed E-state index contributed by atoms with van der Waals surface area (Å²) in [5.41, 5.74) is 2.63. The van der Waals surface area contributed by atoms with Crippen LogP contribution in [-0.4, -0.2) is 15.8 Å². The number of rotatable bonds is 5. The first kappa shape index (κ1) is 20.8. The van der Waals surface area contributed by atoms with E-state index in [-0.39, 0.29) is 33.5 Å². The zero-order valence-corrected chi connectivity index (χ0v) is 17.9. The molecule has 0 bridgehead atoms. The normalized spacial score (nSPS) is 17.3. The second kappa shape index (κ2) is 7.99. The van der Waals surface area contributed by atoms with Crippen molar-refractivity contribution in [2.45, 2.75) is 45.6 Å². The highest BCUT2D eigenvalue weighted by Crippen LogP contribution is 2.36. The fourth-order valence-corrected chi connectivity index (χ4v) is 3.89. The standard InChI is InChI=1S/C26H26O5/c1-16(2)6-4-5-10-26(3)11-9-18-12-17(7-8-22(18)31-26)20-15-30-23-14-19(27)13-21(28)24(23)25(20)29/h6-9,11-15,27-28H,4-5,10H2,1-3H3. The monoisotopic (exact) mass is 418 g/mol. The minimum absolute atomic E-state index is 0.0451. The lowest BCUT2D eigenvalue weighted by atomic mass is 9.93. The van der Waals surface area contributed by atoms with Gasteiger partial charge in [0.05, 0.1) is 5.56 Å². The van der Waals surface area contributed by atoms with Gasteiger partial charge in [0.2, 0.25) is 5.43 Å². The van der Waals surface area contributed by atoms with Gasteiger partial charge in [0.15, 0.2) is 0 Å². The molecule has 0 spiro atoms. The Balaban J connectivity index is 1.62. The third kappa shape index (κ3) is 4.22. The average Bonchev–Trinajstić information content (AvgIpc) is 2.70. The summed E-state index contributed by atoms with van der Waals surface area (Å²) in [6.07, 6.45) is 10.7. The zero-order valence-electron chi connectivity index (χ0n) is 17.9. The van der Waals surface area contributed by atoms with Gasteiger partial charge in [-0.05, 0) is 63.8 Å². The fraction of sp³-hybridized carbons (Fsp3) is 0.269. The van der Waals surface area contributed by atoms with Crippen molar-refractivity contribution in [3.8, 4) is 28.4 Å². The maximum absolute atomic E-state index is 13.0. The lowest BCUT2D eigenvalue weighted by Crippen LogP contribution is -2.31. The van der Waals surface area contributed by atoms with Gasteiger partial charge in [-0.25, -0.2) is 0 Å². The van der Waals surface area contributed by atoms with Crippen LogP contribution < -0.4 is 10.2 Å². The van der Waals surface area contributed by atoms with E-state index in [1.54, 1.807) is 0 Å². The maximum atomic E-state index is 13.0. The van der Waals surface area contributed by atoms with Crippen LogP contribution in [0.25, 0.3) is 28.2 Å². The molecule has 0 amide bonds. The van der Waals surface area contributed by atoms with Gasteiger partial charge in [-0.3, -0.25) is 4.79 Å². The number of allylic oxidation sites excluding steroid dienone is 2. The first-order valence-electron chi connectivity index (χ1n) is 10.4. The number of unbranched alkanes of at least 4 members (excludes halogenated alkanes) is 1. The Morgan fingerprint density at radius 1 is 1.16 bits per heavy atom. The summed E-state index contributed by atoms with van der Waals surface area (Å²) in [5, 5.41) is 19.8. The van der Waals surface area contributed by atoms with E-state index < -0.39 is 0 Å². The molecule has 5 heteroatoms. The van der Waals surface area contributed by atoms with E-state index in [2.05, 4.69) is 32.9 Å². The first-order valence-corrected chi connectivity index (χ1v) is 10.4. The van der Waals surface area contributed by atoms with Gasteiger partial charge >= 0.3 is 0 Å². The molecule has 2 N–H and O–H groups in total. The Morgan fingerprint density at radius 2 is 1.97 bits per heavy atom. The molecule has 0 saturated carbocycles. The van der Waals surface area contributed by atoms with E-state index in [9.17, 15) is 15.0 Å². The highest BCUT2D eigenvalue weighted by molar-refractivity contribution is 5.88. The number of benzene rings is 2. The van der Waals surface area contributed by atoms with Crippen molar-refractivity contribution in [3.63, 3.8) is 0 Å². The molecule has 2 heterocycles. The molecule has 1 aliphatic heterocycles. The van der Waals surface area contributed by atoms with Crippen molar-refractivity contribution in [2.75, 3.05) is 0 Å². The van der Waals surface area contributed by atoms with Crippen LogP contribution in [0.15, 0.2) is 63.5 Å². The summed E-state index contributed by atoms with van der Waals surface area (Å²) in [7, 11) is 0. The van der Waals surface area contributed by atoms with Crippen molar-refractivity contribution < 1.29 is 19.4 Å². The number of phenolic OH excluding ortho intramolecular Hbond substituents is 2. The second-order valence-electron chi connectivity index (χ2n) is 8.49. The Morgan fingerprint density at radius 3 is 2.74 bits per heavy atom. The molecule has 3 aromatic rings. The predicted octanol–water partition coefficient (Wildman–Crippen LogP) is 6.17. The van der Waals surface area contributed by atoms with E-state index in [4.69, 9.17) is 9.15 Å². The smallest absolute Gasteiger partial charge is 0.204 e. The molecule has 1 aliphatic rings. The number of hydrogen-bond donors (Lipinski definition) is 2. The summed E-state index contributed by atoms with van der Waals surface area (Å²) in [4.78, 5) is 13.0. The summed E-state index contributed by atoms with van der Waals surface area (Å²) < 4.78 is 11.8. The van der Waals surface area contributed by atoms with E-state index >= 15 is 0 Å².